The van der Waals surface area contributed by atoms with Crippen LogP contribution in [0.15, 0.2) is 36.4 Å². The van der Waals surface area contributed by atoms with Crippen molar-refractivity contribution in [3.8, 4) is 0 Å². The van der Waals surface area contributed by atoms with E-state index in [1.54, 1.807) is 0 Å². The first kappa shape index (κ1) is 15.3. The lowest BCUT2D eigenvalue weighted by atomic mass is 9.98. The summed E-state index contributed by atoms with van der Waals surface area (Å²) < 4.78 is 0. The summed E-state index contributed by atoms with van der Waals surface area (Å²) in [6, 6.07) is 12.3. The number of H-pyrrole nitrogens is 1. The third-order valence-corrected chi connectivity index (χ3v) is 3.58. The molecule has 1 atom stereocenters. The Bertz CT molecular complexity index is 562. The quantitative estimate of drug-likeness (QED) is 0.817. The standard InChI is InChI=1S/C17H23N3O/c1-3-15-12-16(20-19-15)18-17(21)11-13(2)9-10-14-7-5-4-6-8-14/h4-8,12-13H,3,9-11H2,1-2H3,(H2,18,19,20,21). The van der Waals surface area contributed by atoms with E-state index in [1.165, 1.54) is 5.56 Å². The average molecular weight is 285 g/mol. The fraction of sp³-hybridized carbons (Fsp3) is 0.412. The molecule has 4 nitrogen and oxygen atoms in total. The highest BCUT2D eigenvalue weighted by molar-refractivity contribution is 5.89. The molecule has 1 amide bonds. The molecule has 1 aromatic carbocycles. The molecule has 0 fully saturated rings. The molecular weight excluding hydrogens is 262 g/mol. The lowest BCUT2D eigenvalue weighted by Crippen LogP contribution is -2.15. The Morgan fingerprint density at radius 3 is 2.76 bits per heavy atom. The van der Waals surface area contributed by atoms with Gasteiger partial charge in [-0.3, -0.25) is 9.89 Å². The molecule has 21 heavy (non-hydrogen) atoms. The number of rotatable bonds is 7. The van der Waals surface area contributed by atoms with Crippen molar-refractivity contribution in [3.05, 3.63) is 47.7 Å². The van der Waals surface area contributed by atoms with Crippen LogP contribution in [0.25, 0.3) is 0 Å². The predicted molar refractivity (Wildman–Crippen MR) is 85.1 cm³/mol. The van der Waals surface area contributed by atoms with Crippen molar-refractivity contribution in [3.63, 3.8) is 0 Å². The largest absolute Gasteiger partial charge is 0.309 e. The molecule has 0 aliphatic rings. The molecule has 0 saturated heterocycles. The Morgan fingerprint density at radius 2 is 2.10 bits per heavy atom. The van der Waals surface area contributed by atoms with E-state index in [1.807, 2.05) is 19.1 Å². The highest BCUT2D eigenvalue weighted by atomic mass is 16.1. The van der Waals surface area contributed by atoms with Crippen molar-refractivity contribution >= 4 is 11.7 Å². The van der Waals surface area contributed by atoms with Crippen LogP contribution in [0.2, 0.25) is 0 Å². The zero-order valence-corrected chi connectivity index (χ0v) is 12.7. The van der Waals surface area contributed by atoms with Crippen LogP contribution < -0.4 is 5.32 Å². The van der Waals surface area contributed by atoms with Gasteiger partial charge in [-0.2, -0.15) is 5.10 Å². The molecule has 0 spiro atoms. The molecule has 0 saturated carbocycles. The monoisotopic (exact) mass is 285 g/mol. The molecule has 112 valence electrons. The van der Waals surface area contributed by atoms with Crippen molar-refractivity contribution in [1.82, 2.24) is 10.2 Å². The Balaban J connectivity index is 1.74. The number of hydrogen-bond donors (Lipinski definition) is 2. The van der Waals surface area contributed by atoms with Gasteiger partial charge in [-0.05, 0) is 30.7 Å². The fourth-order valence-corrected chi connectivity index (χ4v) is 2.28. The Morgan fingerprint density at radius 1 is 1.33 bits per heavy atom. The van der Waals surface area contributed by atoms with Crippen LogP contribution >= 0.6 is 0 Å². The third kappa shape index (κ3) is 5.06. The van der Waals surface area contributed by atoms with Gasteiger partial charge in [0.05, 0.1) is 0 Å². The molecule has 2 N–H and O–H groups in total. The average Bonchev–Trinajstić information content (AvgIpc) is 2.93. The van der Waals surface area contributed by atoms with Crippen LogP contribution in [-0.2, 0) is 17.6 Å². The molecular formula is C17H23N3O. The molecule has 1 unspecified atom stereocenters. The second-order valence-electron chi connectivity index (χ2n) is 5.51. The van der Waals surface area contributed by atoms with Gasteiger partial charge in [0.2, 0.25) is 5.91 Å². The first-order chi connectivity index (χ1) is 10.2. The minimum Gasteiger partial charge on any atom is -0.309 e. The van der Waals surface area contributed by atoms with Crippen LogP contribution in [0.3, 0.4) is 0 Å². The summed E-state index contributed by atoms with van der Waals surface area (Å²) in [4.78, 5) is 12.0. The van der Waals surface area contributed by atoms with Crippen LogP contribution in [0.4, 0.5) is 5.82 Å². The SMILES string of the molecule is CCc1cc(NC(=O)CC(C)CCc2ccccc2)n[nH]1. The summed E-state index contributed by atoms with van der Waals surface area (Å²) in [6.45, 7) is 4.16. The maximum absolute atomic E-state index is 12.0. The zero-order chi connectivity index (χ0) is 15.1. The number of aromatic amines is 1. The molecule has 0 aliphatic heterocycles. The summed E-state index contributed by atoms with van der Waals surface area (Å²) in [5.74, 6) is 1.01. The van der Waals surface area contributed by atoms with Gasteiger partial charge in [0.25, 0.3) is 0 Å². The molecule has 1 heterocycles. The molecule has 0 radical (unpaired) electrons. The van der Waals surface area contributed by atoms with Gasteiger partial charge in [-0.25, -0.2) is 0 Å². The van der Waals surface area contributed by atoms with Crippen LogP contribution in [0.1, 0.15) is 37.9 Å². The Hall–Kier alpha value is -2.10. The third-order valence-electron chi connectivity index (χ3n) is 3.58. The summed E-state index contributed by atoms with van der Waals surface area (Å²) in [5.41, 5.74) is 2.35. The molecule has 2 rings (SSSR count). The predicted octanol–water partition coefficient (Wildman–Crippen LogP) is 3.57. The van der Waals surface area contributed by atoms with Crippen LogP contribution in [0.5, 0.6) is 0 Å². The van der Waals surface area contributed by atoms with Crippen molar-refractivity contribution < 1.29 is 4.79 Å². The van der Waals surface area contributed by atoms with E-state index >= 15 is 0 Å². The van der Waals surface area contributed by atoms with Crippen LogP contribution in [-0.4, -0.2) is 16.1 Å². The van der Waals surface area contributed by atoms with E-state index in [9.17, 15) is 4.79 Å². The molecule has 1 aromatic heterocycles. The maximum atomic E-state index is 12.0. The number of benzene rings is 1. The zero-order valence-electron chi connectivity index (χ0n) is 12.7. The summed E-state index contributed by atoms with van der Waals surface area (Å²) in [7, 11) is 0. The molecule has 2 aromatic rings. The number of nitrogens with one attached hydrogen (secondary N) is 2. The second kappa shape index (κ2) is 7.62. The minimum absolute atomic E-state index is 0.0321. The number of carbonyl (C=O) groups excluding carboxylic acids is 1. The second-order valence-corrected chi connectivity index (χ2v) is 5.51. The van der Waals surface area contributed by atoms with E-state index in [4.69, 9.17) is 0 Å². The van der Waals surface area contributed by atoms with Gasteiger partial charge in [0.15, 0.2) is 5.82 Å². The Kier molecular flexibility index (Phi) is 5.55. The van der Waals surface area contributed by atoms with E-state index in [0.717, 1.165) is 25.0 Å². The smallest absolute Gasteiger partial charge is 0.225 e. The Labute approximate surface area is 126 Å². The summed E-state index contributed by atoms with van der Waals surface area (Å²) >= 11 is 0. The lowest BCUT2D eigenvalue weighted by Gasteiger charge is -2.10. The van der Waals surface area contributed by atoms with Crippen molar-refractivity contribution in [2.75, 3.05) is 5.32 Å². The van der Waals surface area contributed by atoms with Crippen molar-refractivity contribution in [1.29, 1.82) is 0 Å². The van der Waals surface area contributed by atoms with E-state index in [-0.39, 0.29) is 5.91 Å². The van der Waals surface area contributed by atoms with E-state index < -0.39 is 0 Å². The van der Waals surface area contributed by atoms with Gasteiger partial charge in [0.1, 0.15) is 0 Å². The maximum Gasteiger partial charge on any atom is 0.225 e. The summed E-state index contributed by atoms with van der Waals surface area (Å²) in [6.07, 6.45) is 3.44. The van der Waals surface area contributed by atoms with Crippen LogP contribution in [0, 0.1) is 5.92 Å². The van der Waals surface area contributed by atoms with Gasteiger partial charge in [-0.15, -0.1) is 0 Å². The minimum atomic E-state index is 0.0321. The van der Waals surface area contributed by atoms with Crippen molar-refractivity contribution in [2.45, 2.75) is 39.5 Å². The van der Waals surface area contributed by atoms with Gasteiger partial charge in [-0.1, -0.05) is 44.2 Å². The van der Waals surface area contributed by atoms with E-state index in [2.05, 4.69) is 46.7 Å². The highest BCUT2D eigenvalue weighted by Crippen LogP contribution is 2.14. The van der Waals surface area contributed by atoms with Gasteiger partial charge < -0.3 is 5.32 Å². The molecule has 4 heteroatoms. The fourth-order valence-electron chi connectivity index (χ4n) is 2.28. The van der Waals surface area contributed by atoms with E-state index in [0.29, 0.717) is 18.2 Å². The number of amides is 1. The number of carbonyl (C=O) groups is 1. The molecule has 0 bridgehead atoms. The number of hydrogen-bond acceptors (Lipinski definition) is 2. The number of aromatic nitrogens is 2. The highest BCUT2D eigenvalue weighted by Gasteiger charge is 2.11. The summed E-state index contributed by atoms with van der Waals surface area (Å²) in [5, 5.41) is 9.81. The first-order valence-electron chi connectivity index (χ1n) is 7.55. The lowest BCUT2D eigenvalue weighted by molar-refractivity contribution is -0.117. The number of aryl methyl sites for hydroxylation is 2. The topological polar surface area (TPSA) is 57.8 Å². The molecule has 0 aliphatic carbocycles. The first-order valence-corrected chi connectivity index (χ1v) is 7.55. The normalized spacial score (nSPS) is 12.1. The van der Waals surface area contributed by atoms with Gasteiger partial charge in [0, 0.05) is 18.2 Å². The number of anilines is 1. The van der Waals surface area contributed by atoms with Crippen molar-refractivity contribution in [2.24, 2.45) is 5.92 Å². The number of nitrogens with zero attached hydrogens (tertiary/aromatic N) is 1. The van der Waals surface area contributed by atoms with Gasteiger partial charge >= 0.3 is 0 Å².